The second kappa shape index (κ2) is 4.78. The number of nitrogens with zero attached hydrogens (tertiary/aromatic N) is 1. The Bertz CT molecular complexity index is 413. The first-order chi connectivity index (χ1) is 8.04. The van der Waals surface area contributed by atoms with Gasteiger partial charge in [0.25, 0.3) is 0 Å². The van der Waals surface area contributed by atoms with Crippen molar-refractivity contribution < 1.29 is 4.79 Å². The van der Waals surface area contributed by atoms with Crippen molar-refractivity contribution in [1.29, 1.82) is 0 Å². The fourth-order valence-electron chi connectivity index (χ4n) is 2.48. The lowest BCUT2D eigenvalue weighted by Crippen LogP contribution is -2.37. The van der Waals surface area contributed by atoms with Crippen LogP contribution in [0.1, 0.15) is 43.0 Å². The van der Waals surface area contributed by atoms with Gasteiger partial charge >= 0.3 is 0 Å². The Labute approximate surface area is 107 Å². The van der Waals surface area contributed by atoms with Crippen LogP contribution in [0.4, 0.5) is 0 Å². The molecule has 2 heterocycles. The molecule has 1 saturated heterocycles. The lowest BCUT2D eigenvalue weighted by molar-refractivity contribution is -0.130. The Hall–Kier alpha value is -0.870. The van der Waals surface area contributed by atoms with Gasteiger partial charge in [0.15, 0.2) is 0 Å². The second-order valence-electron chi connectivity index (χ2n) is 4.87. The van der Waals surface area contributed by atoms with Gasteiger partial charge in [0.05, 0.1) is 6.04 Å². The van der Waals surface area contributed by atoms with Gasteiger partial charge in [-0.3, -0.25) is 4.79 Å². The van der Waals surface area contributed by atoms with Crippen molar-refractivity contribution in [2.24, 2.45) is 5.73 Å². The third-order valence-corrected chi connectivity index (χ3v) is 4.58. The largest absolute Gasteiger partial charge is 0.331 e. The van der Waals surface area contributed by atoms with E-state index < -0.39 is 0 Å². The molecule has 3 nitrogen and oxygen atoms in total. The van der Waals surface area contributed by atoms with Gasteiger partial charge < -0.3 is 10.6 Å². The Morgan fingerprint density at radius 3 is 2.76 bits per heavy atom. The SMILES string of the molecule is CCc1ccc(C2C(N)CC(=O)N2C(C)C)s1. The van der Waals surface area contributed by atoms with E-state index in [1.165, 1.54) is 9.75 Å². The van der Waals surface area contributed by atoms with Crippen LogP contribution in [0.3, 0.4) is 0 Å². The van der Waals surface area contributed by atoms with Crippen molar-refractivity contribution in [3.63, 3.8) is 0 Å². The molecule has 1 fully saturated rings. The summed E-state index contributed by atoms with van der Waals surface area (Å²) < 4.78 is 0. The van der Waals surface area contributed by atoms with E-state index in [0.717, 1.165) is 6.42 Å². The smallest absolute Gasteiger partial charge is 0.225 e. The molecule has 0 radical (unpaired) electrons. The molecule has 2 N–H and O–H groups in total. The molecule has 1 aromatic rings. The number of thiophene rings is 1. The highest BCUT2D eigenvalue weighted by molar-refractivity contribution is 7.12. The van der Waals surface area contributed by atoms with E-state index in [1.807, 2.05) is 4.90 Å². The van der Waals surface area contributed by atoms with Gasteiger partial charge in [0, 0.05) is 28.3 Å². The lowest BCUT2D eigenvalue weighted by atomic mass is 10.1. The normalized spacial score (nSPS) is 25.0. The molecular formula is C13H20N2OS. The molecule has 2 atom stereocenters. The maximum absolute atomic E-state index is 11.9. The zero-order chi connectivity index (χ0) is 12.6. The third-order valence-electron chi connectivity index (χ3n) is 3.28. The topological polar surface area (TPSA) is 46.3 Å². The minimum Gasteiger partial charge on any atom is -0.331 e. The van der Waals surface area contributed by atoms with Crippen molar-refractivity contribution in [3.05, 3.63) is 21.9 Å². The first kappa shape index (κ1) is 12.6. The number of hydrogen-bond donors (Lipinski definition) is 1. The monoisotopic (exact) mass is 252 g/mol. The maximum Gasteiger partial charge on any atom is 0.225 e. The van der Waals surface area contributed by atoms with E-state index >= 15 is 0 Å². The van der Waals surface area contributed by atoms with Crippen LogP contribution >= 0.6 is 11.3 Å². The van der Waals surface area contributed by atoms with Crippen molar-refractivity contribution in [2.45, 2.75) is 51.7 Å². The van der Waals surface area contributed by atoms with Crippen molar-refractivity contribution in [2.75, 3.05) is 0 Å². The molecular weight excluding hydrogens is 232 g/mol. The number of rotatable bonds is 3. The maximum atomic E-state index is 11.9. The molecule has 0 aromatic carbocycles. The number of likely N-dealkylation sites (tertiary alicyclic amines) is 1. The summed E-state index contributed by atoms with van der Waals surface area (Å²) in [7, 11) is 0. The first-order valence-corrected chi connectivity index (χ1v) is 7.01. The van der Waals surface area contributed by atoms with E-state index in [4.69, 9.17) is 5.73 Å². The molecule has 2 unspecified atom stereocenters. The summed E-state index contributed by atoms with van der Waals surface area (Å²) in [4.78, 5) is 16.5. The highest BCUT2D eigenvalue weighted by Crippen LogP contribution is 2.37. The van der Waals surface area contributed by atoms with Crippen LogP contribution in [0.2, 0.25) is 0 Å². The van der Waals surface area contributed by atoms with E-state index in [9.17, 15) is 4.79 Å². The van der Waals surface area contributed by atoms with Crippen molar-refractivity contribution in [1.82, 2.24) is 4.90 Å². The van der Waals surface area contributed by atoms with Gasteiger partial charge in [-0.25, -0.2) is 0 Å². The minimum atomic E-state index is -0.0618. The second-order valence-corrected chi connectivity index (χ2v) is 6.07. The van der Waals surface area contributed by atoms with Crippen LogP contribution in [0.15, 0.2) is 12.1 Å². The number of nitrogens with two attached hydrogens (primary N) is 1. The third kappa shape index (κ3) is 2.24. The fraction of sp³-hybridized carbons (Fsp3) is 0.615. The van der Waals surface area contributed by atoms with Crippen LogP contribution in [0, 0.1) is 0 Å². The predicted molar refractivity (Wildman–Crippen MR) is 71.0 cm³/mol. The van der Waals surface area contributed by atoms with Crippen LogP contribution in [0.25, 0.3) is 0 Å². The molecule has 0 bridgehead atoms. The van der Waals surface area contributed by atoms with Gasteiger partial charge in [-0.1, -0.05) is 6.92 Å². The molecule has 0 spiro atoms. The molecule has 1 amide bonds. The molecule has 2 rings (SSSR count). The van der Waals surface area contributed by atoms with E-state index in [1.54, 1.807) is 11.3 Å². The molecule has 1 aliphatic rings. The van der Waals surface area contributed by atoms with Crippen molar-refractivity contribution in [3.8, 4) is 0 Å². The molecule has 94 valence electrons. The summed E-state index contributed by atoms with van der Waals surface area (Å²) >= 11 is 1.78. The molecule has 1 aliphatic heterocycles. The van der Waals surface area contributed by atoms with Gasteiger partial charge in [-0.2, -0.15) is 0 Å². The van der Waals surface area contributed by atoms with Crippen LogP contribution in [-0.4, -0.2) is 22.9 Å². The summed E-state index contributed by atoms with van der Waals surface area (Å²) in [5.74, 6) is 0.184. The van der Waals surface area contributed by atoms with E-state index in [0.29, 0.717) is 6.42 Å². The van der Waals surface area contributed by atoms with Gasteiger partial charge in [0.2, 0.25) is 5.91 Å². The summed E-state index contributed by atoms with van der Waals surface area (Å²) in [6.45, 7) is 6.25. The summed E-state index contributed by atoms with van der Waals surface area (Å²) in [5, 5.41) is 0. The van der Waals surface area contributed by atoms with Crippen LogP contribution in [0.5, 0.6) is 0 Å². The Balaban J connectivity index is 2.31. The summed E-state index contributed by atoms with van der Waals surface area (Å²) in [5.41, 5.74) is 6.12. The number of carbonyl (C=O) groups is 1. The number of amides is 1. The molecule has 0 aliphatic carbocycles. The van der Waals surface area contributed by atoms with E-state index in [2.05, 4.69) is 32.9 Å². The summed E-state index contributed by atoms with van der Waals surface area (Å²) in [6, 6.07) is 4.50. The Kier molecular flexibility index (Phi) is 3.54. The van der Waals surface area contributed by atoms with Crippen LogP contribution < -0.4 is 5.73 Å². The summed E-state index contributed by atoms with van der Waals surface area (Å²) in [6.07, 6.45) is 1.52. The van der Waals surface area contributed by atoms with Gasteiger partial charge in [-0.15, -0.1) is 11.3 Å². The zero-order valence-corrected chi connectivity index (χ0v) is 11.5. The Morgan fingerprint density at radius 2 is 2.24 bits per heavy atom. The standard InChI is InChI=1S/C13H20N2OS/c1-4-9-5-6-11(17-9)13-10(14)7-12(16)15(13)8(2)3/h5-6,8,10,13H,4,7,14H2,1-3H3. The Morgan fingerprint density at radius 1 is 1.53 bits per heavy atom. The van der Waals surface area contributed by atoms with Gasteiger partial charge in [-0.05, 0) is 32.4 Å². The fourth-order valence-corrected chi connectivity index (χ4v) is 3.61. The highest BCUT2D eigenvalue weighted by Gasteiger charge is 2.40. The molecule has 1 aromatic heterocycles. The average molecular weight is 252 g/mol. The first-order valence-electron chi connectivity index (χ1n) is 6.20. The number of carbonyl (C=O) groups excluding carboxylic acids is 1. The van der Waals surface area contributed by atoms with Crippen molar-refractivity contribution >= 4 is 17.2 Å². The van der Waals surface area contributed by atoms with Crippen LogP contribution in [-0.2, 0) is 11.2 Å². The highest BCUT2D eigenvalue weighted by atomic mass is 32.1. The lowest BCUT2D eigenvalue weighted by Gasteiger charge is -2.29. The zero-order valence-electron chi connectivity index (χ0n) is 10.6. The van der Waals surface area contributed by atoms with E-state index in [-0.39, 0.29) is 24.0 Å². The number of hydrogen-bond acceptors (Lipinski definition) is 3. The van der Waals surface area contributed by atoms with Gasteiger partial charge in [0.1, 0.15) is 0 Å². The number of aryl methyl sites for hydroxylation is 1. The minimum absolute atomic E-state index is 0.0618. The molecule has 17 heavy (non-hydrogen) atoms. The quantitative estimate of drug-likeness (QED) is 0.897. The molecule has 0 saturated carbocycles. The predicted octanol–water partition coefficient (Wildman–Crippen LogP) is 2.32. The molecule has 4 heteroatoms. The average Bonchev–Trinajstić information content (AvgIpc) is 2.81.